The molecule has 0 unspecified atom stereocenters. The maximum Gasteiger partial charge on any atom is 0.262 e. The van der Waals surface area contributed by atoms with Gasteiger partial charge in [0.1, 0.15) is 11.6 Å². The largest absolute Gasteiger partial charge is 0.369 e. The van der Waals surface area contributed by atoms with Crippen LogP contribution in [-0.2, 0) is 4.79 Å². The number of amides is 1. The van der Waals surface area contributed by atoms with Gasteiger partial charge in [0.25, 0.3) is 5.91 Å². The third-order valence-corrected chi connectivity index (χ3v) is 6.63. The van der Waals surface area contributed by atoms with Crippen molar-refractivity contribution >= 4 is 17.7 Å². The van der Waals surface area contributed by atoms with Crippen molar-refractivity contribution in [1.29, 1.82) is 5.26 Å². The zero-order valence-electron chi connectivity index (χ0n) is 17.9. The molecule has 150 valence electrons. The van der Waals surface area contributed by atoms with E-state index in [2.05, 4.69) is 63.2 Å². The van der Waals surface area contributed by atoms with Crippen LogP contribution in [0.1, 0.15) is 81.9 Å². The minimum Gasteiger partial charge on any atom is -0.369 e. The molecule has 0 saturated heterocycles. The molecule has 3 rings (SSSR count). The second kappa shape index (κ2) is 7.99. The molecule has 1 atom stereocenters. The Balaban J connectivity index is 1.89. The number of fused-ring (bicyclic) bond motifs is 1. The van der Waals surface area contributed by atoms with Crippen LogP contribution in [0, 0.1) is 18.3 Å². The molecule has 4 heteroatoms. The maximum atomic E-state index is 12.6. The van der Waals surface area contributed by atoms with Crippen molar-refractivity contribution in [3.8, 4) is 6.07 Å². The summed E-state index contributed by atoms with van der Waals surface area (Å²) in [6.07, 6.45) is 8.43. The zero-order valence-corrected chi connectivity index (χ0v) is 17.9. The molecule has 1 aliphatic carbocycles. The Morgan fingerprint density at radius 3 is 2.61 bits per heavy atom. The number of rotatable bonds is 3. The van der Waals surface area contributed by atoms with Gasteiger partial charge in [-0.3, -0.25) is 4.79 Å². The Morgan fingerprint density at radius 2 is 1.96 bits per heavy atom. The first-order valence-corrected chi connectivity index (χ1v) is 10.5. The molecule has 2 aliphatic rings. The van der Waals surface area contributed by atoms with E-state index >= 15 is 0 Å². The van der Waals surface area contributed by atoms with E-state index in [1.807, 2.05) is 0 Å². The Bertz CT molecular complexity index is 825. The van der Waals surface area contributed by atoms with E-state index < -0.39 is 0 Å². The molecule has 1 heterocycles. The van der Waals surface area contributed by atoms with E-state index in [0.717, 1.165) is 43.2 Å². The van der Waals surface area contributed by atoms with Crippen molar-refractivity contribution < 1.29 is 4.79 Å². The average molecular weight is 380 g/mol. The van der Waals surface area contributed by atoms with Gasteiger partial charge in [-0.05, 0) is 80.9 Å². The van der Waals surface area contributed by atoms with Crippen molar-refractivity contribution in [3.63, 3.8) is 0 Å². The normalized spacial score (nSPS) is 22.4. The number of hydrogen-bond acceptors (Lipinski definition) is 3. The fraction of sp³-hybridized carbons (Fsp3) is 0.583. The van der Waals surface area contributed by atoms with Crippen molar-refractivity contribution in [2.75, 3.05) is 11.9 Å². The smallest absolute Gasteiger partial charge is 0.262 e. The van der Waals surface area contributed by atoms with Crippen LogP contribution in [0.25, 0.3) is 6.08 Å². The molecule has 4 nitrogen and oxygen atoms in total. The molecule has 1 aliphatic heterocycles. The fourth-order valence-corrected chi connectivity index (χ4v) is 4.70. The summed E-state index contributed by atoms with van der Waals surface area (Å²) in [5.41, 5.74) is 4.93. The van der Waals surface area contributed by atoms with Crippen LogP contribution in [-0.4, -0.2) is 24.5 Å². The topological polar surface area (TPSA) is 56.1 Å². The van der Waals surface area contributed by atoms with E-state index in [4.69, 9.17) is 0 Å². The zero-order chi connectivity index (χ0) is 20.5. The molecule has 28 heavy (non-hydrogen) atoms. The lowest BCUT2D eigenvalue weighted by Crippen LogP contribution is -2.45. The number of carbonyl (C=O) groups excluding carboxylic acids is 1. The summed E-state index contributed by atoms with van der Waals surface area (Å²) in [7, 11) is 2.15. The highest BCUT2D eigenvalue weighted by Gasteiger charge is 2.34. The van der Waals surface area contributed by atoms with Gasteiger partial charge in [-0.2, -0.15) is 5.26 Å². The Labute approximate surface area is 169 Å². The van der Waals surface area contributed by atoms with Crippen LogP contribution in [0.4, 0.5) is 5.69 Å². The summed E-state index contributed by atoms with van der Waals surface area (Å²) in [6.45, 7) is 8.87. The summed E-state index contributed by atoms with van der Waals surface area (Å²) >= 11 is 0. The summed E-state index contributed by atoms with van der Waals surface area (Å²) in [6, 6.07) is 6.70. The van der Waals surface area contributed by atoms with E-state index in [1.165, 1.54) is 17.7 Å². The van der Waals surface area contributed by atoms with Crippen molar-refractivity contribution in [3.05, 3.63) is 34.4 Å². The van der Waals surface area contributed by atoms with E-state index in [1.54, 1.807) is 6.08 Å². The molecule has 0 bridgehead atoms. The molecule has 1 aromatic carbocycles. The first kappa shape index (κ1) is 20.5. The summed E-state index contributed by atoms with van der Waals surface area (Å²) in [5.74, 6) is 0.202. The van der Waals surface area contributed by atoms with Gasteiger partial charge in [0.05, 0.1) is 0 Å². The minimum atomic E-state index is -0.238. The van der Waals surface area contributed by atoms with Gasteiger partial charge in [0, 0.05) is 24.3 Å². The maximum absolute atomic E-state index is 12.6. The molecule has 1 N–H and O–H groups in total. The van der Waals surface area contributed by atoms with Gasteiger partial charge in [-0.25, -0.2) is 0 Å². The van der Waals surface area contributed by atoms with Gasteiger partial charge < -0.3 is 10.2 Å². The molecule has 1 fully saturated rings. The van der Waals surface area contributed by atoms with Gasteiger partial charge in [0.2, 0.25) is 0 Å². The van der Waals surface area contributed by atoms with E-state index in [9.17, 15) is 10.1 Å². The predicted octanol–water partition coefficient (Wildman–Crippen LogP) is 5.07. The number of carbonyl (C=O) groups is 1. The fourth-order valence-electron chi connectivity index (χ4n) is 4.70. The second-order valence-electron chi connectivity index (χ2n) is 9.22. The van der Waals surface area contributed by atoms with Crippen LogP contribution in [0.5, 0.6) is 0 Å². The van der Waals surface area contributed by atoms with Gasteiger partial charge >= 0.3 is 0 Å². The molecule has 1 aromatic rings. The SMILES string of the molecule is Cc1cc2c(cc1/C=C(/C#N)C(=O)NC1CCCCC1)[C@@H](C)CC(C)(C)N2C. The molecule has 1 saturated carbocycles. The molecular weight excluding hydrogens is 346 g/mol. The summed E-state index contributed by atoms with van der Waals surface area (Å²) < 4.78 is 0. The number of aryl methyl sites for hydroxylation is 1. The molecule has 0 radical (unpaired) electrons. The Kier molecular flexibility index (Phi) is 5.84. The van der Waals surface area contributed by atoms with E-state index in [0.29, 0.717) is 5.92 Å². The predicted molar refractivity (Wildman–Crippen MR) is 115 cm³/mol. The Morgan fingerprint density at radius 1 is 1.29 bits per heavy atom. The van der Waals surface area contributed by atoms with Gasteiger partial charge in [0.15, 0.2) is 0 Å². The highest BCUT2D eigenvalue weighted by atomic mass is 16.1. The molecule has 0 spiro atoms. The number of nitriles is 1. The number of nitrogens with zero attached hydrogens (tertiary/aromatic N) is 2. The minimum absolute atomic E-state index is 0.119. The van der Waals surface area contributed by atoms with Gasteiger partial charge in [-0.15, -0.1) is 0 Å². The Hall–Kier alpha value is -2.28. The van der Waals surface area contributed by atoms with Crippen LogP contribution < -0.4 is 10.2 Å². The quantitative estimate of drug-likeness (QED) is 0.589. The van der Waals surface area contributed by atoms with Crippen LogP contribution in [0.15, 0.2) is 17.7 Å². The third kappa shape index (κ3) is 4.09. The van der Waals surface area contributed by atoms with Crippen LogP contribution in [0.3, 0.4) is 0 Å². The number of anilines is 1. The first-order valence-electron chi connectivity index (χ1n) is 10.5. The van der Waals surface area contributed by atoms with Crippen LogP contribution in [0.2, 0.25) is 0 Å². The van der Waals surface area contributed by atoms with Crippen molar-refractivity contribution in [1.82, 2.24) is 5.32 Å². The molecule has 1 amide bonds. The van der Waals surface area contributed by atoms with Crippen molar-refractivity contribution in [2.24, 2.45) is 0 Å². The van der Waals surface area contributed by atoms with Crippen molar-refractivity contribution in [2.45, 2.75) is 83.7 Å². The first-order chi connectivity index (χ1) is 13.2. The third-order valence-electron chi connectivity index (χ3n) is 6.63. The summed E-state index contributed by atoms with van der Waals surface area (Å²) in [5, 5.41) is 12.7. The monoisotopic (exact) mass is 379 g/mol. The lowest BCUT2D eigenvalue weighted by atomic mass is 9.79. The second-order valence-corrected chi connectivity index (χ2v) is 9.22. The summed E-state index contributed by atoms with van der Waals surface area (Å²) in [4.78, 5) is 15.0. The van der Waals surface area contributed by atoms with Crippen LogP contribution >= 0.6 is 0 Å². The van der Waals surface area contributed by atoms with Gasteiger partial charge in [-0.1, -0.05) is 26.2 Å². The van der Waals surface area contributed by atoms with E-state index in [-0.39, 0.29) is 23.1 Å². The highest BCUT2D eigenvalue weighted by molar-refractivity contribution is 6.02. The highest BCUT2D eigenvalue weighted by Crippen LogP contribution is 2.43. The lowest BCUT2D eigenvalue weighted by Gasteiger charge is -2.45. The number of nitrogens with one attached hydrogen (secondary N) is 1. The standard InChI is InChI=1S/C24H33N3O/c1-16-11-22-21(17(2)14-24(3,4)27(22)5)13-18(16)12-19(15-25)23(28)26-20-9-7-6-8-10-20/h11-13,17,20H,6-10,14H2,1-5H3,(H,26,28)/b19-12-/t17-/m0/s1. The number of hydrogen-bond donors (Lipinski definition) is 1. The molecular formula is C24H33N3O. The number of benzene rings is 1. The molecule has 0 aromatic heterocycles. The average Bonchev–Trinajstić information content (AvgIpc) is 2.65. The lowest BCUT2D eigenvalue weighted by molar-refractivity contribution is -0.117.